The lowest BCUT2D eigenvalue weighted by atomic mass is 9.99. The van der Waals surface area contributed by atoms with Crippen molar-refractivity contribution in [1.29, 1.82) is 0 Å². The number of benzene rings is 2. The van der Waals surface area contributed by atoms with Gasteiger partial charge in [-0.15, -0.1) is 0 Å². The quantitative estimate of drug-likeness (QED) is 0.728. The number of carbonyl (C=O) groups excluding carboxylic acids is 3. The Bertz CT molecular complexity index is 916. The Kier molecular flexibility index (Phi) is 6.42. The zero-order valence-electron chi connectivity index (χ0n) is 16.8. The van der Waals surface area contributed by atoms with Crippen LogP contribution in [0.5, 0.6) is 0 Å². The van der Waals surface area contributed by atoms with Crippen LogP contribution < -0.4 is 0 Å². The summed E-state index contributed by atoms with van der Waals surface area (Å²) in [5.41, 5.74) is 3.05. The van der Waals surface area contributed by atoms with Crippen molar-refractivity contribution in [2.24, 2.45) is 0 Å². The first kappa shape index (κ1) is 20.7. The summed E-state index contributed by atoms with van der Waals surface area (Å²) in [5, 5.41) is 0. The highest BCUT2D eigenvalue weighted by molar-refractivity contribution is 5.99. The first-order chi connectivity index (χ1) is 13.8. The summed E-state index contributed by atoms with van der Waals surface area (Å²) in [4.78, 5) is 40.8. The molecule has 3 rings (SSSR count). The first-order valence-corrected chi connectivity index (χ1v) is 9.78. The highest BCUT2D eigenvalue weighted by Crippen LogP contribution is 2.15. The van der Waals surface area contributed by atoms with Crippen molar-refractivity contribution in [2.75, 3.05) is 26.2 Å². The molecule has 1 aliphatic rings. The number of hydrogen-bond acceptors (Lipinski definition) is 3. The molecule has 152 valence electrons. The number of rotatable bonds is 5. The molecular weight excluding hydrogens is 371 g/mol. The SMILES string of the molecule is Cc1ccc(C)c(C(=O)CCC(=O)N2CCN(C(=O)c3ccc(F)cc3)CC2)c1. The standard InChI is InChI=1S/C23H25FN2O3/c1-16-3-4-17(2)20(15-16)21(27)9-10-22(28)25-11-13-26(14-12-25)23(29)18-5-7-19(24)8-6-18/h3-8,15H,9-14H2,1-2H3. The number of Topliss-reactive ketones (excluding diaryl/α,β-unsaturated/α-hetero) is 1. The average molecular weight is 396 g/mol. The maximum absolute atomic E-state index is 13.0. The average Bonchev–Trinajstić information content (AvgIpc) is 2.73. The molecule has 5 nitrogen and oxygen atoms in total. The van der Waals surface area contributed by atoms with E-state index in [0.29, 0.717) is 37.3 Å². The zero-order valence-corrected chi connectivity index (χ0v) is 16.8. The predicted molar refractivity (Wildman–Crippen MR) is 108 cm³/mol. The number of halogens is 1. The summed E-state index contributed by atoms with van der Waals surface area (Å²) >= 11 is 0. The van der Waals surface area contributed by atoms with Gasteiger partial charge < -0.3 is 9.80 Å². The van der Waals surface area contributed by atoms with E-state index < -0.39 is 0 Å². The molecule has 0 aliphatic carbocycles. The van der Waals surface area contributed by atoms with Crippen molar-refractivity contribution in [2.45, 2.75) is 26.7 Å². The van der Waals surface area contributed by atoms with Gasteiger partial charge in [0.05, 0.1) is 0 Å². The van der Waals surface area contributed by atoms with E-state index in [1.165, 1.54) is 24.3 Å². The van der Waals surface area contributed by atoms with Crippen molar-refractivity contribution in [3.05, 3.63) is 70.5 Å². The molecule has 0 unspecified atom stereocenters. The number of piperazine rings is 1. The van der Waals surface area contributed by atoms with E-state index >= 15 is 0 Å². The monoisotopic (exact) mass is 396 g/mol. The van der Waals surface area contributed by atoms with Crippen molar-refractivity contribution in [1.82, 2.24) is 9.80 Å². The summed E-state index contributed by atoms with van der Waals surface area (Å²) < 4.78 is 13.0. The molecule has 0 atom stereocenters. The van der Waals surface area contributed by atoms with E-state index in [0.717, 1.165) is 11.1 Å². The molecule has 0 saturated carbocycles. The van der Waals surface area contributed by atoms with Gasteiger partial charge in [-0.2, -0.15) is 0 Å². The fraction of sp³-hybridized carbons (Fsp3) is 0.348. The Hall–Kier alpha value is -3.02. The maximum Gasteiger partial charge on any atom is 0.253 e. The van der Waals surface area contributed by atoms with Crippen LogP contribution in [-0.2, 0) is 4.79 Å². The number of hydrogen-bond donors (Lipinski definition) is 0. The molecule has 1 saturated heterocycles. The second kappa shape index (κ2) is 8.99. The lowest BCUT2D eigenvalue weighted by molar-refractivity contribution is -0.132. The lowest BCUT2D eigenvalue weighted by Crippen LogP contribution is -2.50. The number of aryl methyl sites for hydroxylation is 2. The minimum absolute atomic E-state index is 0.0235. The topological polar surface area (TPSA) is 57.7 Å². The van der Waals surface area contributed by atoms with Crippen molar-refractivity contribution >= 4 is 17.6 Å². The third-order valence-electron chi connectivity index (χ3n) is 5.27. The smallest absolute Gasteiger partial charge is 0.253 e. The van der Waals surface area contributed by atoms with Crippen LogP contribution in [0, 0.1) is 19.7 Å². The van der Waals surface area contributed by atoms with Gasteiger partial charge in [0.25, 0.3) is 5.91 Å². The van der Waals surface area contributed by atoms with E-state index in [1.807, 2.05) is 32.0 Å². The van der Waals surface area contributed by atoms with Crippen molar-refractivity contribution in [3.63, 3.8) is 0 Å². The maximum atomic E-state index is 13.0. The van der Waals surface area contributed by atoms with E-state index in [-0.39, 0.29) is 36.3 Å². The van der Waals surface area contributed by atoms with Crippen LogP contribution in [0.25, 0.3) is 0 Å². The van der Waals surface area contributed by atoms with E-state index in [4.69, 9.17) is 0 Å². The Morgan fingerprint density at radius 3 is 2.14 bits per heavy atom. The van der Waals surface area contributed by atoms with Crippen LogP contribution in [0.1, 0.15) is 44.7 Å². The Morgan fingerprint density at radius 2 is 1.48 bits per heavy atom. The van der Waals surface area contributed by atoms with Gasteiger partial charge in [-0.1, -0.05) is 17.7 Å². The van der Waals surface area contributed by atoms with Crippen LogP contribution >= 0.6 is 0 Å². The molecule has 2 aromatic carbocycles. The summed E-state index contributed by atoms with van der Waals surface area (Å²) in [6.07, 6.45) is 0.343. The third kappa shape index (κ3) is 5.08. The summed E-state index contributed by atoms with van der Waals surface area (Å²) in [7, 11) is 0. The minimum Gasteiger partial charge on any atom is -0.339 e. The van der Waals surface area contributed by atoms with Gasteiger partial charge in [-0.05, 0) is 49.7 Å². The van der Waals surface area contributed by atoms with Gasteiger partial charge >= 0.3 is 0 Å². The molecule has 0 spiro atoms. The fourth-order valence-corrected chi connectivity index (χ4v) is 3.48. The molecule has 1 aliphatic heterocycles. The molecule has 2 amide bonds. The minimum atomic E-state index is -0.382. The van der Waals surface area contributed by atoms with Gasteiger partial charge in [0, 0.05) is 50.1 Å². The number of nitrogens with zero attached hydrogens (tertiary/aromatic N) is 2. The molecular formula is C23H25FN2O3. The van der Waals surface area contributed by atoms with Gasteiger partial charge in [-0.25, -0.2) is 4.39 Å². The van der Waals surface area contributed by atoms with E-state index in [1.54, 1.807) is 9.80 Å². The normalized spacial score (nSPS) is 14.0. The second-order valence-corrected chi connectivity index (χ2v) is 7.42. The van der Waals surface area contributed by atoms with Crippen molar-refractivity contribution in [3.8, 4) is 0 Å². The molecule has 0 N–H and O–H groups in total. The Morgan fingerprint density at radius 1 is 0.862 bits per heavy atom. The summed E-state index contributed by atoms with van der Waals surface area (Å²) in [6.45, 7) is 5.55. The molecule has 29 heavy (non-hydrogen) atoms. The van der Waals surface area contributed by atoms with Gasteiger partial charge in [0.2, 0.25) is 5.91 Å². The third-order valence-corrected chi connectivity index (χ3v) is 5.27. The van der Waals surface area contributed by atoms with Crippen LogP contribution in [-0.4, -0.2) is 53.6 Å². The molecule has 0 aromatic heterocycles. The zero-order chi connectivity index (χ0) is 21.0. The number of amides is 2. The summed E-state index contributed by atoms with van der Waals surface area (Å²) in [5.74, 6) is -0.642. The van der Waals surface area contributed by atoms with Crippen LogP contribution in [0.2, 0.25) is 0 Å². The number of ketones is 1. The van der Waals surface area contributed by atoms with Crippen molar-refractivity contribution < 1.29 is 18.8 Å². The highest BCUT2D eigenvalue weighted by Gasteiger charge is 2.25. The van der Waals surface area contributed by atoms with Crippen LogP contribution in [0.3, 0.4) is 0 Å². The Labute approximate surface area is 170 Å². The van der Waals surface area contributed by atoms with Crippen LogP contribution in [0.15, 0.2) is 42.5 Å². The number of carbonyl (C=O) groups is 3. The Balaban J connectivity index is 1.49. The molecule has 0 bridgehead atoms. The fourth-order valence-electron chi connectivity index (χ4n) is 3.48. The molecule has 0 radical (unpaired) electrons. The molecule has 1 heterocycles. The van der Waals surface area contributed by atoms with E-state index in [2.05, 4.69) is 0 Å². The lowest BCUT2D eigenvalue weighted by Gasteiger charge is -2.35. The molecule has 1 fully saturated rings. The van der Waals surface area contributed by atoms with Gasteiger partial charge in [0.1, 0.15) is 5.82 Å². The first-order valence-electron chi connectivity index (χ1n) is 9.78. The predicted octanol–water partition coefficient (Wildman–Crippen LogP) is 3.39. The second-order valence-electron chi connectivity index (χ2n) is 7.42. The van der Waals surface area contributed by atoms with E-state index in [9.17, 15) is 18.8 Å². The van der Waals surface area contributed by atoms with Gasteiger partial charge in [0.15, 0.2) is 5.78 Å². The highest BCUT2D eigenvalue weighted by atomic mass is 19.1. The van der Waals surface area contributed by atoms with Gasteiger partial charge in [-0.3, -0.25) is 14.4 Å². The largest absolute Gasteiger partial charge is 0.339 e. The molecule has 6 heteroatoms. The summed E-state index contributed by atoms with van der Waals surface area (Å²) in [6, 6.07) is 11.2. The molecule has 2 aromatic rings. The van der Waals surface area contributed by atoms with Crippen LogP contribution in [0.4, 0.5) is 4.39 Å².